The number of likely N-dealkylation sites (tertiary alicyclic amines) is 1. The summed E-state index contributed by atoms with van der Waals surface area (Å²) in [5.41, 5.74) is 5.84. The molecule has 2 fully saturated rings. The minimum absolute atomic E-state index is 0.102. The van der Waals surface area contributed by atoms with Crippen LogP contribution in [0.1, 0.15) is 58.6 Å². The average Bonchev–Trinajstić information content (AvgIpc) is 3.01. The van der Waals surface area contributed by atoms with Crippen LogP contribution in [-0.2, 0) is 14.3 Å². The number of rotatable bonds is 5. The van der Waals surface area contributed by atoms with Crippen molar-refractivity contribution < 1.29 is 19.1 Å². The van der Waals surface area contributed by atoms with E-state index in [-0.39, 0.29) is 18.0 Å². The molecule has 0 spiro atoms. The van der Waals surface area contributed by atoms with Crippen molar-refractivity contribution in [3.63, 3.8) is 0 Å². The van der Waals surface area contributed by atoms with Gasteiger partial charge < -0.3 is 34.8 Å². The number of carbonyl (C=O) groups is 2. The van der Waals surface area contributed by atoms with Gasteiger partial charge in [-0.15, -0.1) is 0 Å². The van der Waals surface area contributed by atoms with Gasteiger partial charge in [0.25, 0.3) is 5.91 Å². The number of amides is 2. The van der Waals surface area contributed by atoms with Crippen molar-refractivity contribution in [1.82, 2.24) is 20.0 Å². The van der Waals surface area contributed by atoms with Crippen LogP contribution in [0.15, 0.2) is 71.2 Å². The molecule has 2 saturated heterocycles. The predicted octanol–water partition coefficient (Wildman–Crippen LogP) is 5.35. The zero-order valence-corrected chi connectivity index (χ0v) is 27.2. The van der Waals surface area contributed by atoms with Gasteiger partial charge in [0.15, 0.2) is 5.84 Å². The van der Waals surface area contributed by atoms with Crippen LogP contribution in [0, 0.1) is 0 Å². The number of allylic oxidation sites excluding steroid dienone is 2. The van der Waals surface area contributed by atoms with E-state index in [0.29, 0.717) is 69.5 Å². The van der Waals surface area contributed by atoms with Crippen molar-refractivity contribution in [3.8, 4) is 0 Å². The highest BCUT2D eigenvalue weighted by Gasteiger charge is 2.33. The summed E-state index contributed by atoms with van der Waals surface area (Å²) < 4.78 is 11.2. The second-order valence-corrected chi connectivity index (χ2v) is 12.9. The number of nitrogens with one attached hydrogen (secondary N) is 2. The number of amidine groups is 1. The van der Waals surface area contributed by atoms with Crippen LogP contribution < -0.4 is 10.6 Å². The number of piperidine rings is 1. The molecule has 0 unspecified atom stereocenters. The number of hydrogen-bond donors (Lipinski definition) is 2. The topological polar surface area (TPSA) is 98.7 Å². The highest BCUT2D eigenvalue weighted by Crippen LogP contribution is 2.36. The van der Waals surface area contributed by atoms with Crippen molar-refractivity contribution in [1.29, 1.82) is 0 Å². The first-order valence-electron chi connectivity index (χ1n) is 15.7. The minimum atomic E-state index is -0.555. The fourth-order valence-corrected chi connectivity index (χ4v) is 5.79. The maximum Gasteiger partial charge on any atom is 0.410 e. The normalized spacial score (nSPS) is 19.6. The molecule has 10 heteroatoms. The molecule has 1 aromatic carbocycles. The van der Waals surface area contributed by atoms with E-state index in [2.05, 4.69) is 53.0 Å². The van der Waals surface area contributed by atoms with Crippen molar-refractivity contribution in [2.24, 2.45) is 4.99 Å². The third-order valence-corrected chi connectivity index (χ3v) is 8.35. The fraction of sp³-hybridized carbons (Fsp3) is 0.457. The van der Waals surface area contributed by atoms with E-state index >= 15 is 0 Å². The third kappa shape index (κ3) is 7.33. The number of nitrogens with zero attached hydrogens (tertiary/aromatic N) is 4. The Bertz CT molecular complexity index is 1480. The highest BCUT2D eigenvalue weighted by atomic mass is 16.6. The van der Waals surface area contributed by atoms with Gasteiger partial charge in [-0.05, 0) is 59.1 Å². The molecule has 2 N–H and O–H groups in total. The van der Waals surface area contributed by atoms with E-state index < -0.39 is 5.60 Å². The monoisotopic (exact) mass is 614 g/mol. The number of ether oxygens (including phenoxy) is 2. The Morgan fingerprint density at radius 1 is 1.11 bits per heavy atom. The summed E-state index contributed by atoms with van der Waals surface area (Å²) >= 11 is 0. The molecule has 5 rings (SSSR count). The van der Waals surface area contributed by atoms with Gasteiger partial charge in [-0.25, -0.2) is 9.79 Å². The van der Waals surface area contributed by atoms with Crippen LogP contribution in [0.3, 0.4) is 0 Å². The predicted molar refractivity (Wildman–Crippen MR) is 179 cm³/mol. The Morgan fingerprint density at radius 3 is 2.49 bits per heavy atom. The lowest BCUT2D eigenvalue weighted by molar-refractivity contribution is -0.119. The smallest absolute Gasteiger partial charge is 0.410 e. The number of anilines is 1. The number of carbonyl (C=O) groups excluding carboxylic acids is 2. The highest BCUT2D eigenvalue weighted by molar-refractivity contribution is 6.06. The third-order valence-electron chi connectivity index (χ3n) is 8.35. The van der Waals surface area contributed by atoms with Crippen LogP contribution in [0.25, 0.3) is 11.8 Å². The first kappa shape index (κ1) is 32.1. The Hall–Kier alpha value is -4.31. The van der Waals surface area contributed by atoms with Gasteiger partial charge in [0.2, 0.25) is 0 Å². The van der Waals surface area contributed by atoms with Crippen LogP contribution >= 0.6 is 0 Å². The molecule has 0 bridgehead atoms. The average molecular weight is 615 g/mol. The molecule has 0 aliphatic carbocycles. The van der Waals surface area contributed by atoms with Gasteiger partial charge >= 0.3 is 6.09 Å². The Kier molecular flexibility index (Phi) is 9.53. The molecule has 4 aliphatic rings. The van der Waals surface area contributed by atoms with Gasteiger partial charge in [-0.3, -0.25) is 4.79 Å². The zero-order valence-electron chi connectivity index (χ0n) is 27.2. The van der Waals surface area contributed by atoms with E-state index in [1.54, 1.807) is 4.90 Å². The quantitative estimate of drug-likeness (QED) is 0.341. The second-order valence-electron chi connectivity index (χ2n) is 12.9. The molecule has 10 nitrogen and oxygen atoms in total. The van der Waals surface area contributed by atoms with E-state index in [9.17, 15) is 9.59 Å². The summed E-state index contributed by atoms with van der Waals surface area (Å²) in [6.07, 6.45) is 7.06. The van der Waals surface area contributed by atoms with Crippen LogP contribution in [0.4, 0.5) is 10.5 Å². The molecular formula is C35H46N6O4. The van der Waals surface area contributed by atoms with Gasteiger partial charge in [-0.1, -0.05) is 43.0 Å². The second kappa shape index (κ2) is 13.4. The first-order chi connectivity index (χ1) is 21.4. The van der Waals surface area contributed by atoms with Gasteiger partial charge in [0.1, 0.15) is 11.3 Å². The van der Waals surface area contributed by atoms with E-state index in [1.807, 2.05) is 51.8 Å². The molecule has 0 atom stereocenters. The van der Waals surface area contributed by atoms with Gasteiger partial charge in [0, 0.05) is 61.8 Å². The summed E-state index contributed by atoms with van der Waals surface area (Å²) in [4.78, 5) is 37.7. The maximum atomic E-state index is 14.2. The van der Waals surface area contributed by atoms with Crippen molar-refractivity contribution in [3.05, 3.63) is 77.3 Å². The number of aliphatic imine (C=N–C) groups is 1. The maximum absolute atomic E-state index is 14.2. The van der Waals surface area contributed by atoms with Crippen LogP contribution in [0.2, 0.25) is 0 Å². The molecule has 0 saturated carbocycles. The fourth-order valence-electron chi connectivity index (χ4n) is 5.79. The summed E-state index contributed by atoms with van der Waals surface area (Å²) in [7, 11) is 0. The van der Waals surface area contributed by atoms with Crippen molar-refractivity contribution in [2.75, 3.05) is 51.3 Å². The number of benzene rings is 1. The molecule has 1 aromatic rings. The summed E-state index contributed by atoms with van der Waals surface area (Å²) in [6.45, 7) is 22.4. The molecular weight excluding hydrogens is 568 g/mol. The molecule has 4 aliphatic heterocycles. The Balaban J connectivity index is 1.46. The summed E-state index contributed by atoms with van der Waals surface area (Å²) in [6, 6.07) is 6.04. The van der Waals surface area contributed by atoms with Gasteiger partial charge in [0.05, 0.1) is 24.6 Å². The standard InChI is InChI=1S/C35H46N6O4/c1-23(2)24(3)31(33(42)37-26-13-16-40(17-14-26)34(43)45-35(5,6)7)41-22-30(28-10-8-12-29-27(28)11-9-15-36-29)38-32(25(41)4)39-18-20-44-21-19-39/h8-12,22,26,36H,1,4,13-21H2,2-3,5-7H3,(H,37,42). The number of fused-ring (bicyclic) bond motifs is 1. The lowest BCUT2D eigenvalue weighted by atomic mass is 9.99. The summed E-state index contributed by atoms with van der Waals surface area (Å²) in [5, 5.41) is 6.70. The zero-order chi connectivity index (χ0) is 32.3. The van der Waals surface area contributed by atoms with Crippen molar-refractivity contribution in [2.45, 2.75) is 59.1 Å². The van der Waals surface area contributed by atoms with Crippen LogP contribution in [0.5, 0.6) is 0 Å². The minimum Gasteiger partial charge on any atom is -0.444 e. The van der Waals surface area contributed by atoms with Crippen LogP contribution in [-0.4, -0.2) is 90.1 Å². The largest absolute Gasteiger partial charge is 0.444 e. The SMILES string of the molecule is C=C(C)C(C)=C(C(=O)NC1CCN(C(=O)OC(C)(C)C)CC1)N1C=C(c2cccc3c2C=CCN3)N=C(N2CCOCC2)C1=C. The molecule has 45 heavy (non-hydrogen) atoms. The van der Waals surface area contributed by atoms with Crippen molar-refractivity contribution >= 4 is 35.3 Å². The Morgan fingerprint density at radius 2 is 1.82 bits per heavy atom. The summed E-state index contributed by atoms with van der Waals surface area (Å²) in [5.74, 6) is 0.495. The Labute approximate surface area is 266 Å². The molecule has 0 aromatic heterocycles. The van der Waals surface area contributed by atoms with Gasteiger partial charge in [-0.2, -0.15) is 0 Å². The van der Waals surface area contributed by atoms with E-state index in [1.165, 1.54) is 0 Å². The number of hydrogen-bond acceptors (Lipinski definition) is 8. The number of morpholine rings is 1. The van der Waals surface area contributed by atoms with E-state index in [0.717, 1.165) is 40.2 Å². The molecule has 240 valence electrons. The molecule has 0 radical (unpaired) electrons. The molecule has 2 amide bonds. The lowest BCUT2D eigenvalue weighted by Crippen LogP contribution is -2.49. The van der Waals surface area contributed by atoms with E-state index in [4.69, 9.17) is 14.5 Å². The molecule has 4 heterocycles. The lowest BCUT2D eigenvalue weighted by Gasteiger charge is -2.38. The first-order valence-corrected chi connectivity index (χ1v) is 15.7.